The number of rotatable bonds is 4. The zero-order valence-electron chi connectivity index (χ0n) is 14.7. The van der Waals surface area contributed by atoms with E-state index in [4.69, 9.17) is 0 Å². The molecule has 0 radical (unpaired) electrons. The molecule has 0 spiro atoms. The van der Waals surface area contributed by atoms with E-state index in [0.717, 1.165) is 31.6 Å². The predicted molar refractivity (Wildman–Crippen MR) is 96.3 cm³/mol. The third kappa shape index (κ3) is 3.22. The molecule has 7 heteroatoms. The molecule has 0 aliphatic carbocycles. The minimum absolute atomic E-state index is 0.0539. The quantitative estimate of drug-likeness (QED) is 0.781. The van der Waals surface area contributed by atoms with Gasteiger partial charge < -0.3 is 9.88 Å². The molecule has 1 saturated heterocycles. The zero-order valence-corrected chi connectivity index (χ0v) is 14.7. The molecule has 3 aromatic rings. The number of carbonyl (C=O) groups excluding carboxylic acids is 1. The fourth-order valence-corrected chi connectivity index (χ4v) is 3.66. The molecule has 136 valence electrons. The smallest absolute Gasteiger partial charge is 0.256 e. The van der Waals surface area contributed by atoms with Crippen LogP contribution in [0.2, 0.25) is 0 Å². The molecule has 1 N–H and O–H groups in total. The normalized spacial score (nSPS) is 18.3. The van der Waals surface area contributed by atoms with Crippen LogP contribution in [0.15, 0.2) is 42.9 Å². The predicted octanol–water partition coefficient (Wildman–Crippen LogP) is 2.21. The van der Waals surface area contributed by atoms with Crippen LogP contribution in [-0.4, -0.2) is 44.1 Å². The van der Waals surface area contributed by atoms with Crippen molar-refractivity contribution >= 4 is 11.6 Å². The van der Waals surface area contributed by atoms with Gasteiger partial charge in [0, 0.05) is 44.1 Å². The number of benzene rings is 1. The first-order chi connectivity index (χ1) is 12.6. The molecule has 0 unspecified atom stereocenters. The lowest BCUT2D eigenvalue weighted by atomic mass is 10.0. The maximum Gasteiger partial charge on any atom is 0.256 e. The molecule has 26 heavy (non-hydrogen) atoms. The van der Waals surface area contributed by atoms with Crippen LogP contribution in [0.3, 0.4) is 0 Å². The first-order valence-corrected chi connectivity index (χ1v) is 8.87. The Morgan fingerprint density at radius 3 is 3.04 bits per heavy atom. The number of imidazole rings is 1. The highest BCUT2D eigenvalue weighted by atomic mass is 19.1. The summed E-state index contributed by atoms with van der Waals surface area (Å²) in [6.07, 6.45) is 7.20. The molecule has 3 heterocycles. The van der Waals surface area contributed by atoms with Crippen LogP contribution in [0.4, 0.5) is 4.39 Å². The van der Waals surface area contributed by atoms with Gasteiger partial charge in [0.25, 0.3) is 5.91 Å². The van der Waals surface area contributed by atoms with Crippen molar-refractivity contribution < 1.29 is 9.18 Å². The van der Waals surface area contributed by atoms with Crippen molar-refractivity contribution in [1.82, 2.24) is 24.4 Å². The van der Waals surface area contributed by atoms with Gasteiger partial charge >= 0.3 is 0 Å². The molecule has 1 aliphatic rings. The molecule has 1 aromatic carbocycles. The molecule has 1 amide bonds. The fourth-order valence-electron chi connectivity index (χ4n) is 3.66. The third-order valence-corrected chi connectivity index (χ3v) is 4.97. The number of piperidine rings is 1. The second-order valence-electron chi connectivity index (χ2n) is 6.87. The SMILES string of the molecule is Cn1ccn2ncc(C(=O)N[C@H]3CCCN(Cc4ccccc4F)C3)c12. The van der Waals surface area contributed by atoms with Crippen LogP contribution < -0.4 is 5.32 Å². The lowest BCUT2D eigenvalue weighted by molar-refractivity contribution is 0.0901. The minimum Gasteiger partial charge on any atom is -0.348 e. The van der Waals surface area contributed by atoms with E-state index in [1.165, 1.54) is 6.07 Å². The molecule has 0 saturated carbocycles. The molecular formula is C19H22FN5O. The second-order valence-corrected chi connectivity index (χ2v) is 6.87. The Morgan fingerprint density at radius 1 is 1.35 bits per heavy atom. The molecule has 6 nitrogen and oxygen atoms in total. The Bertz CT molecular complexity index is 931. The number of aryl methyl sites for hydroxylation is 1. The number of hydrogen-bond donors (Lipinski definition) is 1. The lowest BCUT2D eigenvalue weighted by Gasteiger charge is -2.33. The summed E-state index contributed by atoms with van der Waals surface area (Å²) in [5.41, 5.74) is 2.05. The van der Waals surface area contributed by atoms with Gasteiger partial charge in [0.05, 0.1) is 6.20 Å². The van der Waals surface area contributed by atoms with E-state index < -0.39 is 0 Å². The highest BCUT2D eigenvalue weighted by molar-refractivity contribution is 6.00. The molecule has 0 bridgehead atoms. The van der Waals surface area contributed by atoms with Gasteiger partial charge in [-0.05, 0) is 25.5 Å². The maximum absolute atomic E-state index is 13.9. The number of fused-ring (bicyclic) bond motifs is 1. The van der Waals surface area contributed by atoms with Crippen molar-refractivity contribution in [2.75, 3.05) is 13.1 Å². The van der Waals surface area contributed by atoms with Crippen LogP contribution in [0.25, 0.3) is 5.65 Å². The Kier molecular flexibility index (Phi) is 4.46. The minimum atomic E-state index is -0.176. The summed E-state index contributed by atoms with van der Waals surface area (Å²) in [5.74, 6) is -0.288. The van der Waals surface area contributed by atoms with Crippen LogP contribution in [0, 0.1) is 5.82 Å². The van der Waals surface area contributed by atoms with Crippen molar-refractivity contribution in [3.8, 4) is 0 Å². The van der Waals surface area contributed by atoms with Gasteiger partial charge in [-0.3, -0.25) is 9.69 Å². The molecule has 4 rings (SSSR count). The number of halogens is 1. The summed E-state index contributed by atoms with van der Waals surface area (Å²) in [5, 5.41) is 7.34. The molecular weight excluding hydrogens is 333 g/mol. The Balaban J connectivity index is 1.42. The van der Waals surface area contributed by atoms with Crippen LogP contribution in [0.5, 0.6) is 0 Å². The summed E-state index contributed by atoms with van der Waals surface area (Å²) in [6, 6.07) is 6.92. The number of carbonyl (C=O) groups is 1. The zero-order chi connectivity index (χ0) is 18.1. The highest BCUT2D eigenvalue weighted by Crippen LogP contribution is 2.17. The van der Waals surface area contributed by atoms with E-state index in [2.05, 4.69) is 15.3 Å². The van der Waals surface area contributed by atoms with E-state index in [1.54, 1.807) is 16.8 Å². The van der Waals surface area contributed by atoms with Gasteiger partial charge in [0.1, 0.15) is 17.0 Å². The summed E-state index contributed by atoms with van der Waals surface area (Å²) >= 11 is 0. The number of amides is 1. The Morgan fingerprint density at radius 2 is 2.19 bits per heavy atom. The lowest BCUT2D eigenvalue weighted by Crippen LogP contribution is -2.47. The first-order valence-electron chi connectivity index (χ1n) is 8.87. The number of nitrogens with one attached hydrogen (secondary N) is 1. The number of hydrogen-bond acceptors (Lipinski definition) is 3. The van der Waals surface area contributed by atoms with E-state index in [1.807, 2.05) is 36.1 Å². The second kappa shape index (κ2) is 6.92. The summed E-state index contributed by atoms with van der Waals surface area (Å²) < 4.78 is 17.5. The Labute approximate surface area is 151 Å². The summed E-state index contributed by atoms with van der Waals surface area (Å²) in [4.78, 5) is 14.9. The van der Waals surface area contributed by atoms with Gasteiger partial charge in [0.2, 0.25) is 0 Å². The topological polar surface area (TPSA) is 54.6 Å². The van der Waals surface area contributed by atoms with Gasteiger partial charge in [-0.1, -0.05) is 18.2 Å². The number of aromatic nitrogens is 3. The average Bonchev–Trinajstić information content (AvgIpc) is 3.21. The van der Waals surface area contributed by atoms with Crippen LogP contribution in [-0.2, 0) is 13.6 Å². The van der Waals surface area contributed by atoms with E-state index in [9.17, 15) is 9.18 Å². The van der Waals surface area contributed by atoms with Crippen LogP contribution >= 0.6 is 0 Å². The van der Waals surface area contributed by atoms with Crippen molar-refractivity contribution in [3.63, 3.8) is 0 Å². The maximum atomic E-state index is 13.9. The van der Waals surface area contributed by atoms with E-state index in [-0.39, 0.29) is 17.8 Å². The van der Waals surface area contributed by atoms with Crippen LogP contribution in [0.1, 0.15) is 28.8 Å². The van der Waals surface area contributed by atoms with E-state index in [0.29, 0.717) is 17.7 Å². The monoisotopic (exact) mass is 355 g/mol. The van der Waals surface area contributed by atoms with Crippen molar-refractivity contribution in [2.45, 2.75) is 25.4 Å². The molecule has 1 aliphatic heterocycles. The van der Waals surface area contributed by atoms with Gasteiger partial charge in [-0.25, -0.2) is 8.91 Å². The third-order valence-electron chi connectivity index (χ3n) is 4.97. The first kappa shape index (κ1) is 16.8. The standard InChI is InChI=1S/C19H22FN5O/c1-23-9-10-25-19(23)16(11-21-25)18(26)22-15-6-4-8-24(13-15)12-14-5-2-3-7-17(14)20/h2-3,5,7,9-11,15H,4,6,8,12-13H2,1H3,(H,22,26)/t15-/m0/s1. The van der Waals surface area contributed by atoms with Crippen molar-refractivity contribution in [2.24, 2.45) is 7.05 Å². The molecule has 2 aromatic heterocycles. The van der Waals surface area contributed by atoms with Gasteiger partial charge in [-0.15, -0.1) is 0 Å². The molecule has 1 fully saturated rings. The van der Waals surface area contributed by atoms with Crippen molar-refractivity contribution in [3.05, 3.63) is 59.8 Å². The largest absolute Gasteiger partial charge is 0.348 e. The van der Waals surface area contributed by atoms with Gasteiger partial charge in [-0.2, -0.15) is 5.10 Å². The van der Waals surface area contributed by atoms with E-state index >= 15 is 0 Å². The fraction of sp³-hybridized carbons (Fsp3) is 0.368. The highest BCUT2D eigenvalue weighted by Gasteiger charge is 2.24. The van der Waals surface area contributed by atoms with Crippen molar-refractivity contribution in [1.29, 1.82) is 0 Å². The summed E-state index contributed by atoms with van der Waals surface area (Å²) in [7, 11) is 1.89. The molecule has 1 atom stereocenters. The van der Waals surface area contributed by atoms with Gasteiger partial charge in [0.15, 0.2) is 0 Å². The number of likely N-dealkylation sites (tertiary alicyclic amines) is 1. The number of nitrogens with zero attached hydrogens (tertiary/aromatic N) is 4. The summed E-state index contributed by atoms with van der Waals surface area (Å²) in [6.45, 7) is 2.20. The Hall–Kier alpha value is -2.67. The average molecular weight is 355 g/mol.